The lowest BCUT2D eigenvalue weighted by Gasteiger charge is -2.26. The highest BCUT2D eigenvalue weighted by Crippen LogP contribution is 2.32. The van der Waals surface area contributed by atoms with Gasteiger partial charge in [-0.05, 0) is 43.4 Å². The molecule has 1 saturated carbocycles. The number of fused-ring (bicyclic) bond motifs is 1. The number of nitrogens with one attached hydrogen (secondary N) is 2. The van der Waals surface area contributed by atoms with E-state index in [1.165, 1.54) is 19.3 Å². The molecule has 2 aliphatic rings. The molecule has 1 aliphatic heterocycles. The zero-order chi connectivity index (χ0) is 14.5. The average molecular weight is 417 g/mol. The van der Waals surface area contributed by atoms with Gasteiger partial charge in [-0.25, -0.2) is 4.99 Å². The SMILES string of the molecule is CCNC(=NCc1ccc2c(c1)OCO2)NCC1CCC1.I. The maximum atomic E-state index is 5.39. The van der Waals surface area contributed by atoms with E-state index in [0.29, 0.717) is 13.3 Å². The summed E-state index contributed by atoms with van der Waals surface area (Å²) in [5, 5.41) is 6.72. The van der Waals surface area contributed by atoms with Crippen LogP contribution in [0.4, 0.5) is 0 Å². The first-order chi connectivity index (χ1) is 10.3. The Hall–Kier alpha value is -1.18. The number of aliphatic imine (C=N–C) groups is 1. The molecule has 0 bridgehead atoms. The number of halogens is 1. The fourth-order valence-electron chi connectivity index (χ4n) is 2.49. The summed E-state index contributed by atoms with van der Waals surface area (Å²) < 4.78 is 10.7. The zero-order valence-corrected chi connectivity index (χ0v) is 15.3. The number of rotatable bonds is 5. The number of hydrogen-bond acceptors (Lipinski definition) is 3. The molecule has 0 radical (unpaired) electrons. The maximum absolute atomic E-state index is 5.39. The molecular formula is C16H24IN3O2. The maximum Gasteiger partial charge on any atom is 0.231 e. The summed E-state index contributed by atoms with van der Waals surface area (Å²) >= 11 is 0. The molecule has 0 amide bonds. The Bertz CT molecular complexity index is 518. The third-order valence-corrected chi connectivity index (χ3v) is 3.98. The molecule has 1 heterocycles. The predicted molar refractivity (Wildman–Crippen MR) is 98.1 cm³/mol. The number of benzene rings is 1. The van der Waals surface area contributed by atoms with Gasteiger partial charge in [0.15, 0.2) is 17.5 Å². The van der Waals surface area contributed by atoms with Crippen LogP contribution in [0.15, 0.2) is 23.2 Å². The quantitative estimate of drug-likeness (QED) is 0.440. The molecule has 0 saturated heterocycles. The van der Waals surface area contributed by atoms with Crippen molar-refractivity contribution < 1.29 is 9.47 Å². The minimum atomic E-state index is 0. The van der Waals surface area contributed by atoms with Gasteiger partial charge in [-0.2, -0.15) is 0 Å². The summed E-state index contributed by atoms with van der Waals surface area (Å²) in [5.74, 6) is 3.34. The molecule has 22 heavy (non-hydrogen) atoms. The summed E-state index contributed by atoms with van der Waals surface area (Å²) in [5.41, 5.74) is 1.13. The summed E-state index contributed by atoms with van der Waals surface area (Å²) in [7, 11) is 0. The normalized spacial score (nSPS) is 16.7. The highest BCUT2D eigenvalue weighted by Gasteiger charge is 2.17. The van der Waals surface area contributed by atoms with E-state index in [4.69, 9.17) is 9.47 Å². The Balaban J connectivity index is 0.00000176. The second-order valence-electron chi connectivity index (χ2n) is 5.56. The highest BCUT2D eigenvalue weighted by molar-refractivity contribution is 14.0. The van der Waals surface area contributed by atoms with E-state index in [9.17, 15) is 0 Å². The van der Waals surface area contributed by atoms with Crippen molar-refractivity contribution >= 4 is 29.9 Å². The van der Waals surface area contributed by atoms with Crippen LogP contribution in [-0.4, -0.2) is 25.8 Å². The average Bonchev–Trinajstić information content (AvgIpc) is 2.90. The number of ether oxygens (including phenoxy) is 2. The van der Waals surface area contributed by atoms with Crippen molar-refractivity contribution in [3.63, 3.8) is 0 Å². The summed E-state index contributed by atoms with van der Waals surface area (Å²) in [6.45, 7) is 4.93. The van der Waals surface area contributed by atoms with Crippen LogP contribution in [0.2, 0.25) is 0 Å². The van der Waals surface area contributed by atoms with Crippen molar-refractivity contribution in [1.29, 1.82) is 0 Å². The third-order valence-electron chi connectivity index (χ3n) is 3.98. The van der Waals surface area contributed by atoms with Gasteiger partial charge in [0.1, 0.15) is 0 Å². The first-order valence-corrected chi connectivity index (χ1v) is 7.76. The predicted octanol–water partition coefficient (Wildman–Crippen LogP) is 2.89. The van der Waals surface area contributed by atoms with Gasteiger partial charge < -0.3 is 20.1 Å². The van der Waals surface area contributed by atoms with E-state index in [1.807, 2.05) is 18.2 Å². The van der Waals surface area contributed by atoms with Crippen molar-refractivity contribution in [2.45, 2.75) is 32.7 Å². The van der Waals surface area contributed by atoms with Crippen molar-refractivity contribution in [1.82, 2.24) is 10.6 Å². The van der Waals surface area contributed by atoms with Crippen LogP contribution in [0.1, 0.15) is 31.7 Å². The monoisotopic (exact) mass is 417 g/mol. The van der Waals surface area contributed by atoms with Crippen LogP contribution in [-0.2, 0) is 6.54 Å². The molecule has 122 valence electrons. The van der Waals surface area contributed by atoms with E-state index in [1.54, 1.807) is 0 Å². The fraction of sp³-hybridized carbons (Fsp3) is 0.562. The Morgan fingerprint density at radius 2 is 2.05 bits per heavy atom. The topological polar surface area (TPSA) is 54.9 Å². The minimum Gasteiger partial charge on any atom is -0.454 e. The van der Waals surface area contributed by atoms with Crippen LogP contribution >= 0.6 is 24.0 Å². The van der Waals surface area contributed by atoms with E-state index < -0.39 is 0 Å². The number of hydrogen-bond donors (Lipinski definition) is 2. The first kappa shape index (κ1) is 17.2. The Morgan fingerprint density at radius 1 is 1.23 bits per heavy atom. The lowest BCUT2D eigenvalue weighted by atomic mass is 9.85. The van der Waals surface area contributed by atoms with Crippen molar-refractivity contribution in [3.05, 3.63) is 23.8 Å². The highest BCUT2D eigenvalue weighted by atomic mass is 127. The molecule has 1 aromatic carbocycles. The summed E-state index contributed by atoms with van der Waals surface area (Å²) in [6, 6.07) is 5.98. The Labute approximate surface area is 148 Å². The van der Waals surface area contributed by atoms with Crippen molar-refractivity contribution in [2.24, 2.45) is 10.9 Å². The van der Waals surface area contributed by atoms with Gasteiger partial charge in [0.05, 0.1) is 6.54 Å². The molecule has 2 N–H and O–H groups in total. The van der Waals surface area contributed by atoms with Gasteiger partial charge in [-0.1, -0.05) is 12.5 Å². The first-order valence-electron chi connectivity index (χ1n) is 7.76. The van der Waals surface area contributed by atoms with Crippen LogP contribution < -0.4 is 20.1 Å². The number of guanidine groups is 1. The smallest absolute Gasteiger partial charge is 0.231 e. The molecule has 5 nitrogen and oxygen atoms in total. The Kier molecular flexibility index (Phi) is 6.60. The van der Waals surface area contributed by atoms with Gasteiger partial charge >= 0.3 is 0 Å². The van der Waals surface area contributed by atoms with Gasteiger partial charge in [-0.15, -0.1) is 24.0 Å². The number of nitrogens with zero attached hydrogens (tertiary/aromatic N) is 1. The molecule has 0 atom stereocenters. The molecule has 0 aromatic heterocycles. The van der Waals surface area contributed by atoms with Crippen LogP contribution in [0.25, 0.3) is 0 Å². The molecule has 1 aromatic rings. The Morgan fingerprint density at radius 3 is 2.77 bits per heavy atom. The fourth-order valence-corrected chi connectivity index (χ4v) is 2.49. The molecule has 6 heteroatoms. The van der Waals surface area contributed by atoms with Gasteiger partial charge in [-0.3, -0.25) is 0 Å². The van der Waals surface area contributed by atoms with Crippen LogP contribution in [0, 0.1) is 5.92 Å². The molecule has 0 unspecified atom stereocenters. The molecule has 1 aliphatic carbocycles. The molecule has 0 spiro atoms. The zero-order valence-electron chi connectivity index (χ0n) is 12.9. The van der Waals surface area contributed by atoms with E-state index in [0.717, 1.165) is 42.0 Å². The standard InChI is InChI=1S/C16H23N3O2.HI/c1-2-17-16(18-9-12-4-3-5-12)19-10-13-6-7-14-15(8-13)21-11-20-14;/h6-8,12H,2-5,9-11H2,1H3,(H2,17,18,19);1H. The molecular weight excluding hydrogens is 393 g/mol. The minimum absolute atomic E-state index is 0. The summed E-state index contributed by atoms with van der Waals surface area (Å²) in [6.07, 6.45) is 4.06. The van der Waals surface area contributed by atoms with E-state index in [-0.39, 0.29) is 24.0 Å². The lowest BCUT2D eigenvalue weighted by Crippen LogP contribution is -2.40. The van der Waals surface area contributed by atoms with Crippen LogP contribution in [0.5, 0.6) is 11.5 Å². The van der Waals surface area contributed by atoms with Crippen molar-refractivity contribution in [2.75, 3.05) is 19.9 Å². The third kappa shape index (κ3) is 4.41. The molecule has 1 fully saturated rings. The molecule has 3 rings (SSSR count). The largest absolute Gasteiger partial charge is 0.454 e. The second kappa shape index (κ2) is 8.45. The second-order valence-corrected chi connectivity index (χ2v) is 5.56. The van der Waals surface area contributed by atoms with Gasteiger partial charge in [0.25, 0.3) is 0 Å². The van der Waals surface area contributed by atoms with Gasteiger partial charge in [0.2, 0.25) is 6.79 Å². The lowest BCUT2D eigenvalue weighted by molar-refractivity contribution is 0.174. The van der Waals surface area contributed by atoms with Crippen molar-refractivity contribution in [3.8, 4) is 11.5 Å². The van der Waals surface area contributed by atoms with E-state index >= 15 is 0 Å². The van der Waals surface area contributed by atoms with E-state index in [2.05, 4.69) is 22.5 Å². The van der Waals surface area contributed by atoms with Crippen LogP contribution in [0.3, 0.4) is 0 Å². The van der Waals surface area contributed by atoms with Gasteiger partial charge in [0, 0.05) is 13.1 Å². The summed E-state index contributed by atoms with van der Waals surface area (Å²) in [4.78, 5) is 4.64.